The van der Waals surface area contributed by atoms with Gasteiger partial charge < -0.3 is 5.32 Å². The highest BCUT2D eigenvalue weighted by Gasteiger charge is 2.27. The smallest absolute Gasteiger partial charge is 0.188 e. The topological polar surface area (TPSA) is 37.8 Å². The second-order valence-electron chi connectivity index (χ2n) is 4.42. The van der Waals surface area contributed by atoms with Crippen LogP contribution in [0.1, 0.15) is 30.7 Å². The summed E-state index contributed by atoms with van der Waals surface area (Å²) in [5.41, 5.74) is 2.13. The van der Waals surface area contributed by atoms with Crippen molar-refractivity contribution in [2.75, 3.05) is 7.05 Å². The van der Waals surface area contributed by atoms with Crippen LogP contribution in [0.5, 0.6) is 0 Å². The molecule has 1 heterocycles. The second-order valence-corrected chi connectivity index (χ2v) is 5.62. The number of aromatic nitrogens is 2. The SMILES string of the molecule is CNC1CCCC1Sc1nc(C)cc(C)n1. The molecule has 16 heavy (non-hydrogen) atoms. The highest BCUT2D eigenvalue weighted by molar-refractivity contribution is 7.99. The summed E-state index contributed by atoms with van der Waals surface area (Å²) in [6, 6.07) is 2.64. The lowest BCUT2D eigenvalue weighted by atomic mass is 10.2. The van der Waals surface area contributed by atoms with E-state index in [1.807, 2.05) is 38.7 Å². The normalized spacial score (nSPS) is 24.9. The van der Waals surface area contributed by atoms with Crippen LogP contribution in [-0.4, -0.2) is 28.3 Å². The van der Waals surface area contributed by atoms with Crippen molar-refractivity contribution in [1.29, 1.82) is 0 Å². The summed E-state index contributed by atoms with van der Waals surface area (Å²) in [6.45, 7) is 4.06. The largest absolute Gasteiger partial charge is 0.316 e. The summed E-state index contributed by atoms with van der Waals surface area (Å²) in [5.74, 6) is 0. The van der Waals surface area contributed by atoms with E-state index in [1.165, 1.54) is 19.3 Å². The van der Waals surface area contributed by atoms with Crippen molar-refractivity contribution in [3.8, 4) is 0 Å². The van der Waals surface area contributed by atoms with Crippen molar-refractivity contribution in [3.05, 3.63) is 17.5 Å². The van der Waals surface area contributed by atoms with Gasteiger partial charge in [-0.3, -0.25) is 0 Å². The zero-order chi connectivity index (χ0) is 11.5. The van der Waals surface area contributed by atoms with Crippen molar-refractivity contribution in [1.82, 2.24) is 15.3 Å². The second kappa shape index (κ2) is 5.15. The zero-order valence-corrected chi connectivity index (χ0v) is 11.0. The molecule has 2 atom stereocenters. The van der Waals surface area contributed by atoms with Gasteiger partial charge in [-0.05, 0) is 39.8 Å². The minimum atomic E-state index is 0.620. The van der Waals surface area contributed by atoms with Gasteiger partial charge in [-0.25, -0.2) is 9.97 Å². The molecule has 4 heteroatoms. The predicted octanol–water partition coefficient (Wildman–Crippen LogP) is 2.33. The molecular formula is C12H19N3S. The summed E-state index contributed by atoms with van der Waals surface area (Å²) in [4.78, 5) is 8.98. The van der Waals surface area contributed by atoms with E-state index in [9.17, 15) is 0 Å². The van der Waals surface area contributed by atoms with E-state index in [-0.39, 0.29) is 0 Å². The van der Waals surface area contributed by atoms with Gasteiger partial charge in [-0.1, -0.05) is 18.2 Å². The molecular weight excluding hydrogens is 218 g/mol. The van der Waals surface area contributed by atoms with Crippen molar-refractivity contribution < 1.29 is 0 Å². The van der Waals surface area contributed by atoms with Crippen molar-refractivity contribution in [3.63, 3.8) is 0 Å². The highest BCUT2D eigenvalue weighted by Crippen LogP contribution is 2.33. The zero-order valence-electron chi connectivity index (χ0n) is 10.2. The first-order valence-electron chi connectivity index (χ1n) is 5.85. The number of nitrogens with one attached hydrogen (secondary N) is 1. The molecule has 2 unspecified atom stereocenters. The van der Waals surface area contributed by atoms with E-state index in [2.05, 4.69) is 15.3 Å². The van der Waals surface area contributed by atoms with Crippen LogP contribution in [0.15, 0.2) is 11.2 Å². The lowest BCUT2D eigenvalue weighted by Gasteiger charge is -2.17. The third kappa shape index (κ3) is 2.74. The summed E-state index contributed by atoms with van der Waals surface area (Å²) in [6.07, 6.45) is 3.86. The van der Waals surface area contributed by atoms with Gasteiger partial charge in [0.05, 0.1) is 0 Å². The van der Waals surface area contributed by atoms with Gasteiger partial charge in [0.1, 0.15) is 0 Å². The van der Waals surface area contributed by atoms with Crippen LogP contribution < -0.4 is 5.32 Å². The third-order valence-corrected chi connectivity index (χ3v) is 4.30. The van der Waals surface area contributed by atoms with Gasteiger partial charge in [0.15, 0.2) is 5.16 Å². The summed E-state index contributed by atoms with van der Waals surface area (Å²) in [7, 11) is 2.05. The molecule has 2 rings (SSSR count). The fraction of sp³-hybridized carbons (Fsp3) is 0.667. The molecule has 1 fully saturated rings. The van der Waals surface area contributed by atoms with Crippen LogP contribution in [0.25, 0.3) is 0 Å². The molecule has 1 aromatic heterocycles. The molecule has 0 amide bonds. The number of aryl methyl sites for hydroxylation is 2. The predicted molar refractivity (Wildman–Crippen MR) is 67.8 cm³/mol. The van der Waals surface area contributed by atoms with Crippen molar-refractivity contribution in [2.45, 2.75) is 49.6 Å². The molecule has 0 aliphatic heterocycles. The first-order valence-corrected chi connectivity index (χ1v) is 6.73. The molecule has 0 saturated heterocycles. The molecule has 0 aromatic carbocycles. The lowest BCUT2D eigenvalue weighted by Crippen LogP contribution is -2.30. The number of thioether (sulfide) groups is 1. The lowest BCUT2D eigenvalue weighted by molar-refractivity contribution is 0.590. The molecule has 1 aromatic rings. The van der Waals surface area contributed by atoms with Gasteiger partial charge in [0.2, 0.25) is 0 Å². The Labute approximate surface area is 101 Å². The van der Waals surface area contributed by atoms with E-state index in [1.54, 1.807) is 0 Å². The Balaban J connectivity index is 2.08. The van der Waals surface area contributed by atoms with Crippen LogP contribution in [0.3, 0.4) is 0 Å². The number of hydrogen-bond donors (Lipinski definition) is 1. The molecule has 3 nitrogen and oxygen atoms in total. The fourth-order valence-corrected chi connectivity index (χ4v) is 3.66. The van der Waals surface area contributed by atoms with Crippen LogP contribution in [-0.2, 0) is 0 Å². The molecule has 1 aliphatic carbocycles. The monoisotopic (exact) mass is 237 g/mol. The minimum Gasteiger partial charge on any atom is -0.316 e. The first-order chi connectivity index (χ1) is 7.69. The fourth-order valence-electron chi connectivity index (χ4n) is 2.28. The first kappa shape index (κ1) is 11.9. The Bertz CT molecular complexity index is 347. The Morgan fingerprint density at radius 2 is 1.94 bits per heavy atom. The Morgan fingerprint density at radius 1 is 1.25 bits per heavy atom. The number of hydrogen-bond acceptors (Lipinski definition) is 4. The molecule has 1 saturated carbocycles. The summed E-state index contributed by atoms with van der Waals surface area (Å²) < 4.78 is 0. The van der Waals surface area contributed by atoms with Gasteiger partial charge in [0, 0.05) is 22.7 Å². The summed E-state index contributed by atoms with van der Waals surface area (Å²) in [5, 5.41) is 4.95. The maximum Gasteiger partial charge on any atom is 0.188 e. The quantitative estimate of drug-likeness (QED) is 0.819. The van der Waals surface area contributed by atoms with Crippen LogP contribution in [0.2, 0.25) is 0 Å². The van der Waals surface area contributed by atoms with E-state index in [4.69, 9.17) is 0 Å². The number of nitrogens with zero attached hydrogens (tertiary/aromatic N) is 2. The van der Waals surface area contributed by atoms with Crippen LogP contribution in [0.4, 0.5) is 0 Å². The molecule has 88 valence electrons. The van der Waals surface area contributed by atoms with Gasteiger partial charge in [0.25, 0.3) is 0 Å². The standard InChI is InChI=1S/C12H19N3S/c1-8-7-9(2)15-12(14-8)16-11-6-4-5-10(11)13-3/h7,10-11,13H,4-6H2,1-3H3. The third-order valence-electron chi connectivity index (χ3n) is 3.04. The van der Waals surface area contributed by atoms with Gasteiger partial charge in [-0.15, -0.1) is 0 Å². The average molecular weight is 237 g/mol. The van der Waals surface area contributed by atoms with Crippen molar-refractivity contribution >= 4 is 11.8 Å². The minimum absolute atomic E-state index is 0.620. The van der Waals surface area contributed by atoms with E-state index >= 15 is 0 Å². The van der Waals surface area contributed by atoms with E-state index in [0.29, 0.717) is 11.3 Å². The maximum atomic E-state index is 4.49. The number of rotatable bonds is 3. The molecule has 0 radical (unpaired) electrons. The van der Waals surface area contributed by atoms with E-state index in [0.717, 1.165) is 16.5 Å². The molecule has 1 aliphatic rings. The van der Waals surface area contributed by atoms with Gasteiger partial charge >= 0.3 is 0 Å². The summed E-state index contributed by atoms with van der Waals surface area (Å²) >= 11 is 1.83. The van der Waals surface area contributed by atoms with Crippen LogP contribution in [0, 0.1) is 13.8 Å². The Morgan fingerprint density at radius 3 is 2.56 bits per heavy atom. The molecule has 0 spiro atoms. The molecule has 0 bridgehead atoms. The maximum absolute atomic E-state index is 4.49. The van der Waals surface area contributed by atoms with E-state index < -0.39 is 0 Å². The Kier molecular flexibility index (Phi) is 3.82. The Hall–Kier alpha value is -0.610. The average Bonchev–Trinajstić information content (AvgIpc) is 2.63. The highest BCUT2D eigenvalue weighted by atomic mass is 32.2. The van der Waals surface area contributed by atoms with Crippen LogP contribution >= 0.6 is 11.8 Å². The molecule has 1 N–H and O–H groups in total. The van der Waals surface area contributed by atoms with Gasteiger partial charge in [-0.2, -0.15) is 0 Å². The van der Waals surface area contributed by atoms with Crippen molar-refractivity contribution in [2.24, 2.45) is 0 Å².